The molecule has 1 N–H and O–H groups in total. The normalized spacial score (nSPS) is 18.5. The summed E-state index contributed by atoms with van der Waals surface area (Å²) in [6.45, 7) is 0.744. The number of nitrogens with zero attached hydrogens (tertiary/aromatic N) is 1. The fraction of sp³-hybridized carbons (Fsp3) is 0.579. The van der Waals surface area contributed by atoms with Crippen molar-refractivity contribution in [1.82, 2.24) is 5.32 Å². The molecule has 0 bridgehead atoms. The van der Waals surface area contributed by atoms with Crippen LogP contribution in [0.15, 0.2) is 24.3 Å². The molecule has 4 nitrogen and oxygen atoms in total. The van der Waals surface area contributed by atoms with Crippen molar-refractivity contribution in [3.8, 4) is 0 Å². The first kappa shape index (κ1) is 16.0. The van der Waals surface area contributed by atoms with Crippen LogP contribution in [0.3, 0.4) is 0 Å². The minimum Gasteiger partial charge on any atom is -0.352 e. The zero-order valence-electron chi connectivity index (χ0n) is 13.9. The van der Waals surface area contributed by atoms with Crippen molar-refractivity contribution >= 4 is 17.5 Å². The Morgan fingerprint density at radius 1 is 1.09 bits per heavy atom. The fourth-order valence-electron chi connectivity index (χ4n) is 3.40. The second-order valence-electron chi connectivity index (χ2n) is 6.90. The lowest BCUT2D eigenvalue weighted by Crippen LogP contribution is -2.33. The Morgan fingerprint density at radius 3 is 2.48 bits per heavy atom. The average Bonchev–Trinajstić information content (AvgIpc) is 3.44. The van der Waals surface area contributed by atoms with E-state index < -0.39 is 0 Å². The number of carbonyl (C=O) groups is 2. The molecule has 0 radical (unpaired) electrons. The third-order valence-corrected chi connectivity index (χ3v) is 5.04. The van der Waals surface area contributed by atoms with Crippen LogP contribution in [0.5, 0.6) is 0 Å². The van der Waals surface area contributed by atoms with Gasteiger partial charge in [0.1, 0.15) is 0 Å². The van der Waals surface area contributed by atoms with Crippen molar-refractivity contribution in [3.63, 3.8) is 0 Å². The van der Waals surface area contributed by atoms with Gasteiger partial charge in [-0.3, -0.25) is 9.59 Å². The van der Waals surface area contributed by atoms with E-state index in [0.29, 0.717) is 17.2 Å². The monoisotopic (exact) mass is 314 g/mol. The molecule has 4 heteroatoms. The quantitative estimate of drug-likeness (QED) is 0.906. The smallest absolute Gasteiger partial charge is 0.253 e. The van der Waals surface area contributed by atoms with E-state index in [0.717, 1.165) is 19.4 Å². The number of para-hydroxylation sites is 1. The van der Waals surface area contributed by atoms with E-state index in [4.69, 9.17) is 0 Å². The van der Waals surface area contributed by atoms with Crippen molar-refractivity contribution in [2.24, 2.45) is 11.8 Å². The highest BCUT2D eigenvalue weighted by molar-refractivity contribution is 6.05. The summed E-state index contributed by atoms with van der Waals surface area (Å²) in [5.74, 6) is 0.809. The molecule has 1 aromatic rings. The van der Waals surface area contributed by atoms with Gasteiger partial charge in [0.05, 0.1) is 11.3 Å². The minimum atomic E-state index is -0.0679. The molecule has 0 spiro atoms. The van der Waals surface area contributed by atoms with Crippen molar-refractivity contribution in [2.45, 2.75) is 44.9 Å². The zero-order valence-corrected chi connectivity index (χ0v) is 13.9. The number of amides is 2. The van der Waals surface area contributed by atoms with Crippen LogP contribution in [0.4, 0.5) is 5.69 Å². The lowest BCUT2D eigenvalue weighted by molar-refractivity contribution is -0.119. The van der Waals surface area contributed by atoms with Crippen LogP contribution in [-0.4, -0.2) is 25.4 Å². The summed E-state index contributed by atoms with van der Waals surface area (Å²) in [5, 5.41) is 3.07. The molecule has 2 amide bonds. The fourth-order valence-corrected chi connectivity index (χ4v) is 3.40. The van der Waals surface area contributed by atoms with Crippen LogP contribution in [0.25, 0.3) is 0 Å². The van der Waals surface area contributed by atoms with Gasteiger partial charge in [0.25, 0.3) is 5.91 Å². The summed E-state index contributed by atoms with van der Waals surface area (Å²) in [6.07, 6.45) is 8.23. The molecule has 1 aromatic carbocycles. The van der Waals surface area contributed by atoms with Crippen molar-refractivity contribution in [3.05, 3.63) is 29.8 Å². The number of benzene rings is 1. The van der Waals surface area contributed by atoms with Crippen molar-refractivity contribution < 1.29 is 9.59 Å². The number of nitrogens with one attached hydrogen (secondary N) is 1. The SMILES string of the molecule is CN(C(=O)C1CC1)c1ccccc1C(=O)NCC1CCCCC1. The molecule has 0 unspecified atom stereocenters. The second kappa shape index (κ2) is 7.16. The predicted molar refractivity (Wildman–Crippen MR) is 91.5 cm³/mol. The maximum Gasteiger partial charge on any atom is 0.253 e. The van der Waals surface area contributed by atoms with Gasteiger partial charge in [0.15, 0.2) is 0 Å². The van der Waals surface area contributed by atoms with E-state index in [-0.39, 0.29) is 17.7 Å². The molecule has 2 aliphatic carbocycles. The molecule has 124 valence electrons. The molecule has 0 heterocycles. The molecular formula is C19H26N2O2. The van der Waals surface area contributed by atoms with Crippen LogP contribution >= 0.6 is 0 Å². The Balaban J connectivity index is 1.66. The Bertz CT molecular complexity index is 574. The first-order chi connectivity index (χ1) is 11.2. The van der Waals surface area contributed by atoms with Gasteiger partial charge in [0, 0.05) is 19.5 Å². The minimum absolute atomic E-state index is 0.0679. The zero-order chi connectivity index (χ0) is 16.2. The molecule has 2 aliphatic rings. The van der Waals surface area contributed by atoms with E-state index in [1.807, 2.05) is 24.3 Å². The van der Waals surface area contributed by atoms with Gasteiger partial charge >= 0.3 is 0 Å². The highest BCUT2D eigenvalue weighted by Crippen LogP contribution is 2.33. The highest BCUT2D eigenvalue weighted by atomic mass is 16.2. The summed E-state index contributed by atoms with van der Waals surface area (Å²) in [5.41, 5.74) is 1.31. The average molecular weight is 314 g/mol. The Hall–Kier alpha value is -1.84. The Morgan fingerprint density at radius 2 is 1.78 bits per heavy atom. The molecule has 23 heavy (non-hydrogen) atoms. The molecule has 0 atom stereocenters. The lowest BCUT2D eigenvalue weighted by Gasteiger charge is -2.23. The third kappa shape index (κ3) is 3.92. The summed E-state index contributed by atoms with van der Waals surface area (Å²) in [4.78, 5) is 26.5. The summed E-state index contributed by atoms with van der Waals surface area (Å²) < 4.78 is 0. The van der Waals surface area contributed by atoms with Crippen LogP contribution in [-0.2, 0) is 4.79 Å². The van der Waals surface area contributed by atoms with Gasteiger partial charge < -0.3 is 10.2 Å². The summed E-state index contributed by atoms with van der Waals surface area (Å²) in [6, 6.07) is 7.40. The van der Waals surface area contributed by atoms with Gasteiger partial charge in [-0.15, -0.1) is 0 Å². The van der Waals surface area contributed by atoms with Crippen LogP contribution in [0, 0.1) is 11.8 Å². The van der Waals surface area contributed by atoms with E-state index >= 15 is 0 Å². The maximum absolute atomic E-state index is 12.6. The van der Waals surface area contributed by atoms with E-state index in [1.54, 1.807) is 11.9 Å². The first-order valence-electron chi connectivity index (χ1n) is 8.81. The third-order valence-electron chi connectivity index (χ3n) is 5.04. The summed E-state index contributed by atoms with van der Waals surface area (Å²) in [7, 11) is 1.77. The highest BCUT2D eigenvalue weighted by Gasteiger charge is 2.33. The van der Waals surface area contributed by atoms with Gasteiger partial charge in [-0.05, 0) is 43.7 Å². The molecule has 0 aliphatic heterocycles. The van der Waals surface area contributed by atoms with Crippen LogP contribution < -0.4 is 10.2 Å². The number of hydrogen-bond donors (Lipinski definition) is 1. The molecular weight excluding hydrogens is 288 g/mol. The summed E-state index contributed by atoms with van der Waals surface area (Å²) >= 11 is 0. The number of rotatable bonds is 5. The van der Waals surface area contributed by atoms with E-state index in [9.17, 15) is 9.59 Å². The maximum atomic E-state index is 12.6. The first-order valence-corrected chi connectivity index (χ1v) is 8.81. The van der Waals surface area contributed by atoms with Crippen LogP contribution in [0.2, 0.25) is 0 Å². The van der Waals surface area contributed by atoms with E-state index in [2.05, 4.69) is 5.32 Å². The Labute approximate surface area is 138 Å². The Kier molecular flexibility index (Phi) is 4.99. The number of hydrogen-bond acceptors (Lipinski definition) is 2. The van der Waals surface area contributed by atoms with Gasteiger partial charge in [0.2, 0.25) is 5.91 Å². The number of anilines is 1. The van der Waals surface area contributed by atoms with Gasteiger partial charge in [-0.25, -0.2) is 0 Å². The molecule has 2 fully saturated rings. The molecule has 0 aromatic heterocycles. The van der Waals surface area contributed by atoms with Crippen molar-refractivity contribution in [1.29, 1.82) is 0 Å². The van der Waals surface area contributed by atoms with E-state index in [1.165, 1.54) is 32.1 Å². The lowest BCUT2D eigenvalue weighted by atomic mass is 9.89. The van der Waals surface area contributed by atoms with Gasteiger partial charge in [-0.2, -0.15) is 0 Å². The number of carbonyl (C=O) groups excluding carboxylic acids is 2. The standard InChI is InChI=1S/C19H26N2O2/c1-21(19(23)15-11-12-15)17-10-6-5-9-16(17)18(22)20-13-14-7-3-2-4-8-14/h5-6,9-10,14-15H,2-4,7-8,11-13H2,1H3,(H,20,22). The largest absolute Gasteiger partial charge is 0.352 e. The van der Waals surface area contributed by atoms with Crippen LogP contribution in [0.1, 0.15) is 55.3 Å². The van der Waals surface area contributed by atoms with Gasteiger partial charge in [-0.1, -0.05) is 31.4 Å². The molecule has 2 saturated carbocycles. The second-order valence-corrected chi connectivity index (χ2v) is 6.90. The van der Waals surface area contributed by atoms with Crippen molar-refractivity contribution in [2.75, 3.05) is 18.5 Å². The molecule has 0 saturated heterocycles. The predicted octanol–water partition coefficient (Wildman–Crippen LogP) is 3.37. The topological polar surface area (TPSA) is 49.4 Å². The molecule has 3 rings (SSSR count).